The number of benzene rings is 1. The first kappa shape index (κ1) is 9.02. The van der Waals surface area contributed by atoms with Crippen molar-refractivity contribution in [3.8, 4) is 5.75 Å². The van der Waals surface area contributed by atoms with Gasteiger partial charge in [0.1, 0.15) is 5.75 Å². The van der Waals surface area contributed by atoms with E-state index >= 15 is 0 Å². The standard InChI is InChI=1S/C10H11NO3/c1-13-5-7-2-3-9-8(4-7)11-10(12)6-14-9/h2-4H,5-6H2,1H3,(H,11,12). The third kappa shape index (κ3) is 1.70. The summed E-state index contributed by atoms with van der Waals surface area (Å²) in [5, 5.41) is 2.74. The molecule has 0 aromatic heterocycles. The van der Waals surface area contributed by atoms with E-state index in [1.165, 1.54) is 0 Å². The number of methoxy groups -OCH3 is 1. The molecule has 74 valence electrons. The lowest BCUT2D eigenvalue weighted by Crippen LogP contribution is -2.25. The summed E-state index contributed by atoms with van der Waals surface area (Å²) in [6, 6.07) is 5.61. The fourth-order valence-corrected chi connectivity index (χ4v) is 1.39. The smallest absolute Gasteiger partial charge is 0.262 e. The SMILES string of the molecule is COCc1ccc2c(c1)NC(=O)CO2. The molecule has 0 fully saturated rings. The van der Waals surface area contributed by atoms with E-state index in [9.17, 15) is 4.79 Å². The molecule has 1 aromatic rings. The molecule has 0 aliphatic carbocycles. The Bertz CT molecular complexity index is 362. The molecule has 0 saturated carbocycles. The molecule has 1 aliphatic rings. The summed E-state index contributed by atoms with van der Waals surface area (Å²) in [5.41, 5.74) is 1.73. The van der Waals surface area contributed by atoms with Crippen molar-refractivity contribution in [1.82, 2.24) is 0 Å². The van der Waals surface area contributed by atoms with Gasteiger partial charge in [0.2, 0.25) is 0 Å². The van der Waals surface area contributed by atoms with E-state index in [4.69, 9.17) is 9.47 Å². The highest BCUT2D eigenvalue weighted by atomic mass is 16.5. The van der Waals surface area contributed by atoms with Crippen LogP contribution >= 0.6 is 0 Å². The number of anilines is 1. The van der Waals surface area contributed by atoms with Crippen LogP contribution in [-0.2, 0) is 16.1 Å². The molecule has 0 radical (unpaired) electrons. The third-order valence-electron chi connectivity index (χ3n) is 1.99. The van der Waals surface area contributed by atoms with E-state index in [0.717, 1.165) is 11.3 Å². The second-order valence-electron chi connectivity index (χ2n) is 3.10. The minimum Gasteiger partial charge on any atom is -0.482 e. The minimum atomic E-state index is -0.118. The Morgan fingerprint density at radius 3 is 3.21 bits per heavy atom. The Morgan fingerprint density at radius 1 is 1.57 bits per heavy atom. The van der Waals surface area contributed by atoms with Gasteiger partial charge in [0.05, 0.1) is 12.3 Å². The molecule has 0 spiro atoms. The zero-order valence-corrected chi connectivity index (χ0v) is 7.87. The van der Waals surface area contributed by atoms with E-state index in [0.29, 0.717) is 12.4 Å². The Labute approximate surface area is 81.8 Å². The summed E-state index contributed by atoms with van der Waals surface area (Å²) in [4.78, 5) is 11.0. The van der Waals surface area contributed by atoms with Gasteiger partial charge in [-0.1, -0.05) is 6.07 Å². The quantitative estimate of drug-likeness (QED) is 0.766. The maximum absolute atomic E-state index is 11.0. The van der Waals surface area contributed by atoms with Crippen LogP contribution in [0.1, 0.15) is 5.56 Å². The molecule has 0 unspecified atom stereocenters. The molecule has 1 aliphatic heterocycles. The number of fused-ring (bicyclic) bond motifs is 1. The Hall–Kier alpha value is -1.55. The van der Waals surface area contributed by atoms with Crippen LogP contribution in [0.3, 0.4) is 0 Å². The van der Waals surface area contributed by atoms with Crippen LogP contribution in [0, 0.1) is 0 Å². The summed E-state index contributed by atoms with van der Waals surface area (Å²) in [7, 11) is 1.63. The van der Waals surface area contributed by atoms with Crippen molar-refractivity contribution in [3.63, 3.8) is 0 Å². The van der Waals surface area contributed by atoms with Gasteiger partial charge in [-0.05, 0) is 17.7 Å². The van der Waals surface area contributed by atoms with Gasteiger partial charge < -0.3 is 14.8 Å². The van der Waals surface area contributed by atoms with Crippen LogP contribution in [0.4, 0.5) is 5.69 Å². The fourth-order valence-electron chi connectivity index (χ4n) is 1.39. The van der Waals surface area contributed by atoms with Gasteiger partial charge in [0.15, 0.2) is 6.61 Å². The summed E-state index contributed by atoms with van der Waals surface area (Å²) >= 11 is 0. The lowest BCUT2D eigenvalue weighted by molar-refractivity contribution is -0.118. The van der Waals surface area contributed by atoms with Gasteiger partial charge in [-0.15, -0.1) is 0 Å². The number of nitrogens with one attached hydrogen (secondary N) is 1. The Kier molecular flexibility index (Phi) is 2.37. The molecule has 0 saturated heterocycles. The van der Waals surface area contributed by atoms with Crippen molar-refractivity contribution in [2.45, 2.75) is 6.61 Å². The average Bonchev–Trinajstić information content (AvgIpc) is 2.17. The third-order valence-corrected chi connectivity index (χ3v) is 1.99. The van der Waals surface area contributed by atoms with E-state index in [-0.39, 0.29) is 12.5 Å². The molecule has 14 heavy (non-hydrogen) atoms. The molecule has 1 aromatic carbocycles. The maximum Gasteiger partial charge on any atom is 0.262 e. The first-order chi connectivity index (χ1) is 6.79. The van der Waals surface area contributed by atoms with Crippen molar-refractivity contribution in [2.24, 2.45) is 0 Å². The highest BCUT2D eigenvalue weighted by Gasteiger charge is 2.15. The zero-order valence-electron chi connectivity index (χ0n) is 7.87. The summed E-state index contributed by atoms with van der Waals surface area (Å²) < 4.78 is 10.2. The van der Waals surface area contributed by atoms with Gasteiger partial charge in [-0.2, -0.15) is 0 Å². The zero-order chi connectivity index (χ0) is 9.97. The highest BCUT2D eigenvalue weighted by molar-refractivity contribution is 5.95. The van der Waals surface area contributed by atoms with E-state index < -0.39 is 0 Å². The monoisotopic (exact) mass is 193 g/mol. The second kappa shape index (κ2) is 3.67. The number of hydrogen-bond acceptors (Lipinski definition) is 3. The van der Waals surface area contributed by atoms with Crippen LogP contribution in [0.25, 0.3) is 0 Å². The van der Waals surface area contributed by atoms with E-state index in [2.05, 4.69) is 5.32 Å². The lowest BCUT2D eigenvalue weighted by atomic mass is 10.2. The molecule has 4 heteroatoms. The molecular formula is C10H11NO3. The molecule has 0 atom stereocenters. The lowest BCUT2D eigenvalue weighted by Gasteiger charge is -2.18. The number of amides is 1. The number of hydrogen-bond donors (Lipinski definition) is 1. The van der Waals surface area contributed by atoms with Gasteiger partial charge in [-0.25, -0.2) is 0 Å². The summed E-state index contributed by atoms with van der Waals surface area (Å²) in [5.74, 6) is 0.594. The molecule has 1 amide bonds. The van der Waals surface area contributed by atoms with Crippen molar-refractivity contribution in [1.29, 1.82) is 0 Å². The van der Waals surface area contributed by atoms with Crippen LogP contribution < -0.4 is 10.1 Å². The molecule has 1 N–H and O–H groups in total. The van der Waals surface area contributed by atoms with Crippen molar-refractivity contribution in [3.05, 3.63) is 23.8 Å². The number of rotatable bonds is 2. The first-order valence-corrected chi connectivity index (χ1v) is 4.34. The topological polar surface area (TPSA) is 47.6 Å². The number of ether oxygens (including phenoxy) is 2. The molecule has 4 nitrogen and oxygen atoms in total. The van der Waals surface area contributed by atoms with E-state index in [1.807, 2.05) is 18.2 Å². The predicted molar refractivity (Wildman–Crippen MR) is 51.3 cm³/mol. The molecule has 2 rings (SSSR count). The van der Waals surface area contributed by atoms with Gasteiger partial charge >= 0.3 is 0 Å². The van der Waals surface area contributed by atoms with Gasteiger partial charge in [-0.3, -0.25) is 4.79 Å². The van der Waals surface area contributed by atoms with Crippen LogP contribution in [0.5, 0.6) is 5.75 Å². The average molecular weight is 193 g/mol. The van der Waals surface area contributed by atoms with Crippen LogP contribution in [0.15, 0.2) is 18.2 Å². The fraction of sp³-hybridized carbons (Fsp3) is 0.300. The van der Waals surface area contributed by atoms with E-state index in [1.54, 1.807) is 7.11 Å². The van der Waals surface area contributed by atoms with Crippen LogP contribution in [-0.4, -0.2) is 19.6 Å². The normalized spacial score (nSPS) is 14.2. The number of carbonyl (C=O) groups is 1. The largest absolute Gasteiger partial charge is 0.482 e. The second-order valence-corrected chi connectivity index (χ2v) is 3.10. The van der Waals surface area contributed by atoms with Crippen molar-refractivity contribution >= 4 is 11.6 Å². The van der Waals surface area contributed by atoms with Gasteiger partial charge in [0.25, 0.3) is 5.91 Å². The number of carbonyl (C=O) groups excluding carboxylic acids is 1. The first-order valence-electron chi connectivity index (χ1n) is 4.34. The molecule has 0 bridgehead atoms. The van der Waals surface area contributed by atoms with Crippen LogP contribution in [0.2, 0.25) is 0 Å². The summed E-state index contributed by atoms with van der Waals surface area (Å²) in [6.07, 6.45) is 0. The summed E-state index contributed by atoms with van der Waals surface area (Å²) in [6.45, 7) is 0.625. The highest BCUT2D eigenvalue weighted by Crippen LogP contribution is 2.28. The van der Waals surface area contributed by atoms with Crippen molar-refractivity contribution in [2.75, 3.05) is 19.0 Å². The Morgan fingerprint density at radius 2 is 2.43 bits per heavy atom. The van der Waals surface area contributed by atoms with Crippen molar-refractivity contribution < 1.29 is 14.3 Å². The molecular weight excluding hydrogens is 182 g/mol. The predicted octanol–water partition coefficient (Wildman–Crippen LogP) is 1.16. The maximum atomic E-state index is 11.0. The van der Waals surface area contributed by atoms with Gasteiger partial charge in [0, 0.05) is 7.11 Å². The minimum absolute atomic E-state index is 0.0939. The molecule has 1 heterocycles. The Balaban J connectivity index is 2.28.